The van der Waals surface area contributed by atoms with Crippen molar-refractivity contribution < 1.29 is 27.4 Å². The minimum Gasteiger partial charge on any atom is -0.497 e. The summed E-state index contributed by atoms with van der Waals surface area (Å²) in [4.78, 5) is 14.4. The quantitative estimate of drug-likeness (QED) is 0.435. The molecule has 0 spiro atoms. The van der Waals surface area contributed by atoms with Crippen LogP contribution in [-0.2, 0) is 16.1 Å². The lowest BCUT2D eigenvalue weighted by atomic mass is 9.94. The first-order chi connectivity index (χ1) is 16.0. The van der Waals surface area contributed by atoms with Crippen LogP contribution in [0.1, 0.15) is 41.7 Å². The van der Waals surface area contributed by atoms with Gasteiger partial charge in [0.25, 0.3) is 0 Å². The van der Waals surface area contributed by atoms with Crippen molar-refractivity contribution in [1.29, 1.82) is 0 Å². The van der Waals surface area contributed by atoms with Crippen LogP contribution in [0.4, 0.5) is 13.2 Å². The van der Waals surface area contributed by atoms with Gasteiger partial charge in [0.1, 0.15) is 17.7 Å². The largest absolute Gasteiger partial charge is 0.497 e. The first-order valence-electron chi connectivity index (χ1n) is 10.7. The maximum atomic E-state index is 14.2. The van der Waals surface area contributed by atoms with Crippen molar-refractivity contribution in [3.05, 3.63) is 101 Å². The molecule has 0 saturated carbocycles. The molecule has 0 aromatic heterocycles. The van der Waals surface area contributed by atoms with Crippen LogP contribution >= 0.6 is 0 Å². The Bertz CT molecular complexity index is 1100. The number of likely N-dealkylation sites (tertiary alicyclic amines) is 1. The molecule has 1 aliphatic heterocycles. The molecule has 1 amide bonds. The molecule has 0 radical (unpaired) electrons. The van der Waals surface area contributed by atoms with E-state index in [1.54, 1.807) is 36.3 Å². The van der Waals surface area contributed by atoms with Crippen molar-refractivity contribution in [2.75, 3.05) is 13.7 Å². The Labute approximate surface area is 190 Å². The van der Waals surface area contributed by atoms with Crippen LogP contribution in [0, 0.1) is 17.5 Å². The van der Waals surface area contributed by atoms with Gasteiger partial charge in [-0.2, -0.15) is 0 Å². The van der Waals surface area contributed by atoms with Crippen LogP contribution in [0.3, 0.4) is 0 Å². The number of hydrogen-bond donors (Lipinski definition) is 0. The fraction of sp³-hybridized carbons (Fsp3) is 0.269. The van der Waals surface area contributed by atoms with Gasteiger partial charge in [-0.1, -0.05) is 30.3 Å². The van der Waals surface area contributed by atoms with Crippen molar-refractivity contribution in [3.8, 4) is 5.75 Å². The number of ether oxygens (including phenoxy) is 2. The van der Waals surface area contributed by atoms with E-state index in [1.165, 1.54) is 18.2 Å². The van der Waals surface area contributed by atoms with Crippen molar-refractivity contribution in [2.45, 2.75) is 31.6 Å². The first kappa shape index (κ1) is 22.9. The summed E-state index contributed by atoms with van der Waals surface area (Å²) in [6.07, 6.45) is 0.259. The number of hydrogen-bond acceptors (Lipinski definition) is 3. The van der Waals surface area contributed by atoms with Crippen molar-refractivity contribution in [3.63, 3.8) is 0 Å². The summed E-state index contributed by atoms with van der Waals surface area (Å²) < 4.78 is 53.0. The highest BCUT2D eigenvalue weighted by molar-refractivity contribution is 5.78. The van der Waals surface area contributed by atoms with E-state index in [0.29, 0.717) is 36.3 Å². The molecule has 2 atom stereocenters. The maximum absolute atomic E-state index is 14.2. The van der Waals surface area contributed by atoms with E-state index < -0.39 is 29.6 Å². The highest BCUT2D eigenvalue weighted by Crippen LogP contribution is 2.40. The summed E-state index contributed by atoms with van der Waals surface area (Å²) >= 11 is 0. The predicted octanol–water partition coefficient (Wildman–Crippen LogP) is 5.73. The molecule has 1 aliphatic rings. The second-order valence-electron chi connectivity index (χ2n) is 7.94. The highest BCUT2D eigenvalue weighted by Gasteiger charge is 2.36. The van der Waals surface area contributed by atoms with E-state index in [9.17, 15) is 18.0 Å². The molecule has 7 heteroatoms. The van der Waals surface area contributed by atoms with Gasteiger partial charge in [0, 0.05) is 13.0 Å². The van der Waals surface area contributed by atoms with Crippen molar-refractivity contribution in [2.24, 2.45) is 0 Å². The normalized spacial score (nSPS) is 15.5. The summed E-state index contributed by atoms with van der Waals surface area (Å²) in [7, 11) is 1.57. The highest BCUT2D eigenvalue weighted by atomic mass is 19.2. The van der Waals surface area contributed by atoms with E-state index >= 15 is 0 Å². The number of benzene rings is 3. The van der Waals surface area contributed by atoms with Crippen LogP contribution in [0.2, 0.25) is 0 Å². The smallest absolute Gasteiger partial charge is 0.223 e. The molecule has 1 unspecified atom stereocenters. The summed E-state index contributed by atoms with van der Waals surface area (Å²) in [5, 5.41) is 0. The van der Waals surface area contributed by atoms with Crippen molar-refractivity contribution >= 4 is 5.91 Å². The predicted molar refractivity (Wildman–Crippen MR) is 117 cm³/mol. The van der Waals surface area contributed by atoms with E-state index in [-0.39, 0.29) is 12.5 Å². The lowest BCUT2D eigenvalue weighted by Crippen LogP contribution is -2.35. The van der Waals surface area contributed by atoms with Crippen LogP contribution in [0.25, 0.3) is 0 Å². The van der Waals surface area contributed by atoms with Gasteiger partial charge in [-0.25, -0.2) is 13.2 Å². The van der Waals surface area contributed by atoms with Crippen LogP contribution in [0.15, 0.2) is 66.7 Å². The van der Waals surface area contributed by atoms with Gasteiger partial charge in [-0.15, -0.1) is 0 Å². The maximum Gasteiger partial charge on any atom is 0.223 e. The zero-order chi connectivity index (χ0) is 23.4. The minimum atomic E-state index is -1.00. The fourth-order valence-corrected chi connectivity index (χ4v) is 4.11. The molecular formula is C26H24F3NO3. The summed E-state index contributed by atoms with van der Waals surface area (Å²) in [6.45, 7) is 0.653. The molecule has 4 rings (SSSR count). The van der Waals surface area contributed by atoms with E-state index in [0.717, 1.165) is 17.7 Å². The first-order valence-corrected chi connectivity index (χ1v) is 10.7. The monoisotopic (exact) mass is 455 g/mol. The van der Waals surface area contributed by atoms with Crippen LogP contribution in [-0.4, -0.2) is 24.5 Å². The van der Waals surface area contributed by atoms with Crippen molar-refractivity contribution in [1.82, 2.24) is 4.90 Å². The van der Waals surface area contributed by atoms with Gasteiger partial charge in [-0.3, -0.25) is 4.79 Å². The number of nitrogens with zero attached hydrogens (tertiary/aromatic N) is 1. The number of methoxy groups -OCH3 is 1. The van der Waals surface area contributed by atoms with Gasteiger partial charge in [0.15, 0.2) is 11.6 Å². The second kappa shape index (κ2) is 10.1. The molecule has 3 aromatic carbocycles. The zero-order valence-corrected chi connectivity index (χ0v) is 18.1. The lowest BCUT2D eigenvalue weighted by molar-refractivity contribution is -0.134. The van der Waals surface area contributed by atoms with Gasteiger partial charge in [0.2, 0.25) is 5.91 Å². The lowest BCUT2D eigenvalue weighted by Gasteiger charge is -2.35. The number of halogens is 3. The molecule has 1 fully saturated rings. The average molecular weight is 455 g/mol. The Kier molecular flexibility index (Phi) is 6.99. The Morgan fingerprint density at radius 1 is 0.909 bits per heavy atom. The topological polar surface area (TPSA) is 38.8 Å². The Balaban J connectivity index is 1.73. The van der Waals surface area contributed by atoms with E-state index in [2.05, 4.69) is 0 Å². The molecule has 3 aromatic rings. The molecule has 1 saturated heterocycles. The third kappa shape index (κ3) is 5.20. The number of amides is 1. The van der Waals surface area contributed by atoms with E-state index in [1.807, 2.05) is 12.1 Å². The summed E-state index contributed by atoms with van der Waals surface area (Å²) in [6, 6.07) is 16.0. The minimum absolute atomic E-state index is 0.0649. The number of rotatable bonds is 8. The molecular weight excluding hydrogens is 431 g/mol. The molecule has 0 bridgehead atoms. The van der Waals surface area contributed by atoms with Gasteiger partial charge in [0.05, 0.1) is 19.8 Å². The van der Waals surface area contributed by atoms with Gasteiger partial charge >= 0.3 is 0 Å². The molecule has 172 valence electrons. The van der Waals surface area contributed by atoms with Crippen LogP contribution < -0.4 is 4.74 Å². The zero-order valence-electron chi connectivity index (χ0n) is 18.1. The third-order valence-electron chi connectivity index (χ3n) is 5.80. The Morgan fingerprint density at radius 3 is 2.21 bits per heavy atom. The second-order valence-corrected chi connectivity index (χ2v) is 7.94. The molecule has 4 nitrogen and oxygen atoms in total. The van der Waals surface area contributed by atoms with Crippen LogP contribution in [0.5, 0.6) is 5.75 Å². The molecule has 0 aliphatic carbocycles. The standard InChI is InChI=1S/C26H24F3NO3/c1-32-21-11-4-17(5-12-21)16-33-26(19-8-13-22(28)23(29)15-19)25(30-14-2-3-24(30)31)18-6-9-20(27)10-7-18/h4-13,15,25-26H,2-3,14,16H2,1H3/t25?,26-/m0/s1. The number of carbonyl (C=O) groups excluding carboxylic acids is 1. The fourth-order valence-electron chi connectivity index (χ4n) is 4.11. The van der Waals surface area contributed by atoms with Gasteiger partial charge < -0.3 is 14.4 Å². The SMILES string of the molecule is COc1ccc(CO[C@@H](c2ccc(F)c(F)c2)C(c2ccc(F)cc2)N2CCCC2=O)cc1. The Hall–Kier alpha value is -3.32. The Morgan fingerprint density at radius 2 is 1.61 bits per heavy atom. The summed E-state index contributed by atoms with van der Waals surface area (Å²) in [5.41, 5.74) is 1.88. The molecule has 1 heterocycles. The summed E-state index contributed by atoms with van der Waals surface area (Å²) in [5.74, 6) is -1.75. The van der Waals surface area contributed by atoms with E-state index in [4.69, 9.17) is 9.47 Å². The average Bonchev–Trinajstić information content (AvgIpc) is 3.25. The third-order valence-corrected chi connectivity index (χ3v) is 5.80. The number of carbonyl (C=O) groups is 1. The molecule has 33 heavy (non-hydrogen) atoms. The molecule has 0 N–H and O–H groups in total. The van der Waals surface area contributed by atoms with Gasteiger partial charge in [-0.05, 0) is 59.5 Å².